The molecule has 4 nitrogen and oxygen atoms in total. The number of carbonyl (C=O) groups is 1. The van der Waals surface area contributed by atoms with Crippen LogP contribution in [-0.2, 0) is 9.53 Å². The fourth-order valence-electron chi connectivity index (χ4n) is 1.54. The molecule has 1 aliphatic heterocycles. The van der Waals surface area contributed by atoms with E-state index in [-0.39, 0.29) is 6.04 Å². The molecule has 0 saturated carbocycles. The second-order valence-corrected chi connectivity index (χ2v) is 3.25. The Morgan fingerprint density at radius 2 is 2.46 bits per heavy atom. The lowest BCUT2D eigenvalue weighted by atomic mass is 10.00. The molecule has 0 bridgehead atoms. The van der Waals surface area contributed by atoms with Gasteiger partial charge in [0.15, 0.2) is 6.10 Å². The molecule has 1 saturated heterocycles. The van der Waals surface area contributed by atoms with Gasteiger partial charge in [-0.2, -0.15) is 0 Å². The van der Waals surface area contributed by atoms with Gasteiger partial charge in [0.1, 0.15) is 0 Å². The molecule has 13 heavy (non-hydrogen) atoms. The number of hydrogen-bond acceptors (Lipinski definition) is 4. The molecule has 76 valence electrons. The number of piperidine rings is 1. The van der Waals surface area contributed by atoms with E-state index in [4.69, 9.17) is 4.74 Å². The van der Waals surface area contributed by atoms with Crippen LogP contribution >= 0.6 is 0 Å². The van der Waals surface area contributed by atoms with E-state index in [1.807, 2.05) is 0 Å². The Kier molecular flexibility index (Phi) is 4.18. The van der Waals surface area contributed by atoms with Crippen molar-refractivity contribution in [2.75, 3.05) is 13.2 Å². The summed E-state index contributed by atoms with van der Waals surface area (Å²) in [7, 11) is 0. The van der Waals surface area contributed by atoms with Crippen LogP contribution in [0.3, 0.4) is 0 Å². The van der Waals surface area contributed by atoms with E-state index in [9.17, 15) is 9.90 Å². The third-order valence-electron chi connectivity index (χ3n) is 2.26. The molecule has 1 fully saturated rings. The van der Waals surface area contributed by atoms with E-state index in [2.05, 4.69) is 5.32 Å². The van der Waals surface area contributed by atoms with Crippen molar-refractivity contribution in [2.24, 2.45) is 0 Å². The van der Waals surface area contributed by atoms with E-state index >= 15 is 0 Å². The lowest BCUT2D eigenvalue weighted by molar-refractivity contribution is -0.154. The van der Waals surface area contributed by atoms with Crippen LogP contribution in [0.2, 0.25) is 0 Å². The first-order valence-electron chi connectivity index (χ1n) is 4.83. The molecule has 0 radical (unpaired) electrons. The second-order valence-electron chi connectivity index (χ2n) is 3.25. The molecule has 0 spiro atoms. The van der Waals surface area contributed by atoms with Crippen LogP contribution in [0.4, 0.5) is 0 Å². The first kappa shape index (κ1) is 10.5. The summed E-state index contributed by atoms with van der Waals surface area (Å²) in [6.45, 7) is 2.93. The van der Waals surface area contributed by atoms with Gasteiger partial charge in [-0.25, -0.2) is 4.79 Å². The van der Waals surface area contributed by atoms with Gasteiger partial charge in [-0.15, -0.1) is 0 Å². The van der Waals surface area contributed by atoms with Crippen LogP contribution in [0.15, 0.2) is 0 Å². The average Bonchev–Trinajstić information content (AvgIpc) is 2.18. The van der Waals surface area contributed by atoms with E-state index in [1.54, 1.807) is 6.92 Å². The van der Waals surface area contributed by atoms with E-state index < -0.39 is 12.1 Å². The smallest absolute Gasteiger partial charge is 0.336 e. The highest BCUT2D eigenvalue weighted by molar-refractivity contribution is 5.75. The standard InChI is InChI=1S/C9H17NO3/c1-2-13-9(12)8(11)7-5-3-4-6-10-7/h7-8,10-11H,2-6H2,1H3. The maximum Gasteiger partial charge on any atom is 0.336 e. The molecule has 0 aromatic heterocycles. The van der Waals surface area contributed by atoms with Crippen LogP contribution in [0.1, 0.15) is 26.2 Å². The number of ether oxygens (including phenoxy) is 1. The fourth-order valence-corrected chi connectivity index (χ4v) is 1.54. The number of carbonyl (C=O) groups excluding carboxylic acids is 1. The number of esters is 1. The molecule has 1 aliphatic rings. The maximum atomic E-state index is 11.1. The van der Waals surface area contributed by atoms with Gasteiger partial charge >= 0.3 is 5.97 Å². The van der Waals surface area contributed by atoms with Crippen molar-refractivity contribution >= 4 is 5.97 Å². The Morgan fingerprint density at radius 3 is 3.00 bits per heavy atom. The molecule has 2 unspecified atom stereocenters. The quantitative estimate of drug-likeness (QED) is 0.613. The molecule has 0 amide bonds. The minimum absolute atomic E-state index is 0.118. The molecule has 0 aliphatic carbocycles. The molecule has 1 heterocycles. The molecule has 2 atom stereocenters. The van der Waals surface area contributed by atoms with Crippen LogP contribution in [-0.4, -0.2) is 36.4 Å². The third-order valence-corrected chi connectivity index (χ3v) is 2.26. The van der Waals surface area contributed by atoms with Gasteiger partial charge < -0.3 is 15.2 Å². The van der Waals surface area contributed by atoms with Crippen molar-refractivity contribution in [3.8, 4) is 0 Å². The van der Waals surface area contributed by atoms with Crippen molar-refractivity contribution in [1.82, 2.24) is 5.32 Å². The Labute approximate surface area is 78.3 Å². The first-order valence-corrected chi connectivity index (χ1v) is 4.83. The van der Waals surface area contributed by atoms with E-state index in [0.29, 0.717) is 6.61 Å². The SMILES string of the molecule is CCOC(=O)C(O)C1CCCCN1. The minimum atomic E-state index is -1.000. The zero-order chi connectivity index (χ0) is 9.68. The minimum Gasteiger partial charge on any atom is -0.464 e. The fraction of sp³-hybridized carbons (Fsp3) is 0.889. The zero-order valence-corrected chi connectivity index (χ0v) is 7.95. The highest BCUT2D eigenvalue weighted by atomic mass is 16.5. The monoisotopic (exact) mass is 187 g/mol. The van der Waals surface area contributed by atoms with Gasteiger partial charge in [-0.3, -0.25) is 0 Å². The highest BCUT2D eigenvalue weighted by Gasteiger charge is 2.27. The number of nitrogens with one attached hydrogen (secondary N) is 1. The molecule has 4 heteroatoms. The topological polar surface area (TPSA) is 58.6 Å². The summed E-state index contributed by atoms with van der Waals surface area (Å²) >= 11 is 0. The summed E-state index contributed by atoms with van der Waals surface area (Å²) in [5, 5.41) is 12.6. The normalized spacial score (nSPS) is 25.2. The number of hydrogen-bond donors (Lipinski definition) is 2. The Bertz CT molecular complexity index is 166. The predicted octanol–water partition coefficient (Wildman–Crippen LogP) is 0.0525. The summed E-state index contributed by atoms with van der Waals surface area (Å²) in [4.78, 5) is 11.1. The lowest BCUT2D eigenvalue weighted by Gasteiger charge is -2.26. The van der Waals surface area contributed by atoms with Crippen molar-refractivity contribution in [2.45, 2.75) is 38.3 Å². The van der Waals surface area contributed by atoms with Crippen molar-refractivity contribution in [3.05, 3.63) is 0 Å². The van der Waals surface area contributed by atoms with E-state index in [0.717, 1.165) is 25.8 Å². The van der Waals surface area contributed by atoms with Crippen molar-refractivity contribution in [1.29, 1.82) is 0 Å². The Balaban J connectivity index is 2.35. The Hall–Kier alpha value is -0.610. The molecule has 2 N–H and O–H groups in total. The van der Waals surface area contributed by atoms with Gasteiger partial charge in [-0.05, 0) is 26.3 Å². The molecular weight excluding hydrogens is 170 g/mol. The van der Waals surface area contributed by atoms with Gasteiger partial charge in [-0.1, -0.05) is 6.42 Å². The van der Waals surface area contributed by atoms with Gasteiger partial charge in [0.2, 0.25) is 0 Å². The lowest BCUT2D eigenvalue weighted by Crippen LogP contribution is -2.47. The Morgan fingerprint density at radius 1 is 1.69 bits per heavy atom. The summed E-state index contributed by atoms with van der Waals surface area (Å²) in [5.41, 5.74) is 0. The molecule has 0 aromatic rings. The largest absolute Gasteiger partial charge is 0.464 e. The van der Waals surface area contributed by atoms with Crippen LogP contribution in [0.5, 0.6) is 0 Å². The third kappa shape index (κ3) is 2.97. The molecular formula is C9H17NO3. The summed E-state index contributed by atoms with van der Waals surface area (Å²) < 4.78 is 4.73. The van der Waals surface area contributed by atoms with Gasteiger partial charge in [0.05, 0.1) is 6.61 Å². The van der Waals surface area contributed by atoms with Gasteiger partial charge in [0, 0.05) is 6.04 Å². The number of aliphatic hydroxyl groups excluding tert-OH is 1. The summed E-state index contributed by atoms with van der Waals surface area (Å²) in [6.07, 6.45) is 2.03. The van der Waals surface area contributed by atoms with Crippen molar-refractivity contribution < 1.29 is 14.6 Å². The summed E-state index contributed by atoms with van der Waals surface area (Å²) in [5.74, 6) is -0.512. The zero-order valence-electron chi connectivity index (χ0n) is 7.95. The molecule has 0 aromatic carbocycles. The van der Waals surface area contributed by atoms with Crippen LogP contribution < -0.4 is 5.32 Å². The van der Waals surface area contributed by atoms with Crippen molar-refractivity contribution in [3.63, 3.8) is 0 Å². The number of aliphatic hydroxyl groups is 1. The summed E-state index contributed by atoms with van der Waals surface area (Å²) in [6, 6.07) is -0.118. The van der Waals surface area contributed by atoms with Gasteiger partial charge in [0.25, 0.3) is 0 Å². The van der Waals surface area contributed by atoms with E-state index in [1.165, 1.54) is 0 Å². The second kappa shape index (κ2) is 5.19. The maximum absolute atomic E-state index is 11.1. The molecule has 1 rings (SSSR count). The first-order chi connectivity index (χ1) is 6.25. The highest BCUT2D eigenvalue weighted by Crippen LogP contribution is 2.11. The predicted molar refractivity (Wildman–Crippen MR) is 48.3 cm³/mol. The number of rotatable bonds is 3. The van der Waals surface area contributed by atoms with Crippen LogP contribution in [0, 0.1) is 0 Å². The van der Waals surface area contributed by atoms with Crippen LogP contribution in [0.25, 0.3) is 0 Å². The average molecular weight is 187 g/mol.